The maximum atomic E-state index is 11.4. The van der Waals surface area contributed by atoms with Gasteiger partial charge in [-0.3, -0.25) is 9.69 Å². The van der Waals surface area contributed by atoms with Crippen molar-refractivity contribution in [2.24, 2.45) is 5.92 Å². The van der Waals surface area contributed by atoms with Crippen molar-refractivity contribution in [1.82, 2.24) is 4.90 Å². The summed E-state index contributed by atoms with van der Waals surface area (Å²) in [4.78, 5) is 27.7. The average Bonchev–Trinajstić information content (AvgIpc) is 3.09. The number of nitrogens with zero attached hydrogens (tertiary/aromatic N) is 2. The molecule has 4 aromatic rings. The number of rotatable bonds is 10. The number of aldehydes is 1. The van der Waals surface area contributed by atoms with E-state index in [0.717, 1.165) is 76.3 Å². The Hall–Kier alpha value is -4.42. The molecule has 6 nitrogen and oxygen atoms in total. The van der Waals surface area contributed by atoms with Gasteiger partial charge in [0.15, 0.2) is 6.29 Å². The molecule has 2 fully saturated rings. The molecule has 0 bridgehead atoms. The van der Waals surface area contributed by atoms with Crippen LogP contribution in [0, 0.1) is 12.8 Å². The molecule has 242 valence electrons. The van der Waals surface area contributed by atoms with E-state index in [0.29, 0.717) is 30.1 Å². The fraction of sp³-hybridized carbons (Fsp3) is 0.366. The van der Waals surface area contributed by atoms with Crippen LogP contribution in [-0.2, 0) is 6.42 Å². The molecule has 1 aliphatic carbocycles. The lowest BCUT2D eigenvalue weighted by atomic mass is 9.69. The Kier molecular flexibility index (Phi) is 9.12. The summed E-state index contributed by atoms with van der Waals surface area (Å²) < 4.78 is 6.25. The van der Waals surface area contributed by atoms with E-state index >= 15 is 0 Å². The molecule has 47 heavy (non-hydrogen) atoms. The third-order valence-electron chi connectivity index (χ3n) is 10.7. The Labute approximate surface area is 278 Å². The van der Waals surface area contributed by atoms with Gasteiger partial charge in [0.2, 0.25) is 0 Å². The molecule has 0 amide bonds. The van der Waals surface area contributed by atoms with Crippen LogP contribution in [-0.4, -0.2) is 61.1 Å². The largest absolute Gasteiger partial charge is 0.494 e. The summed E-state index contributed by atoms with van der Waals surface area (Å²) in [5, 5.41) is 9.30. The number of aromatic carboxylic acids is 1. The van der Waals surface area contributed by atoms with E-state index in [4.69, 9.17) is 4.74 Å². The molecule has 0 radical (unpaired) electrons. The molecular formula is C41H44N2O4. The quantitative estimate of drug-likeness (QED) is 0.181. The summed E-state index contributed by atoms with van der Waals surface area (Å²) in [5.74, 6) is 1.35. The number of fused-ring (bicyclic) bond motifs is 1. The van der Waals surface area contributed by atoms with Crippen molar-refractivity contribution in [2.75, 3.05) is 37.7 Å². The number of anilines is 1. The zero-order valence-corrected chi connectivity index (χ0v) is 27.2. The average molecular weight is 629 g/mol. The second-order valence-corrected chi connectivity index (χ2v) is 13.7. The Bertz CT molecular complexity index is 1710. The van der Waals surface area contributed by atoms with E-state index in [2.05, 4.69) is 89.5 Å². The number of ether oxygens (including phenoxy) is 1. The van der Waals surface area contributed by atoms with Gasteiger partial charge in [-0.2, -0.15) is 0 Å². The number of carbonyl (C=O) groups excluding carboxylic acids is 1. The maximum absolute atomic E-state index is 11.4. The van der Waals surface area contributed by atoms with Gasteiger partial charge in [-0.25, -0.2) is 4.79 Å². The molecule has 0 saturated carbocycles. The van der Waals surface area contributed by atoms with E-state index in [9.17, 15) is 14.7 Å². The first-order chi connectivity index (χ1) is 23.0. The van der Waals surface area contributed by atoms with Gasteiger partial charge in [0.1, 0.15) is 5.75 Å². The number of aryl methyl sites for hydroxylation is 2. The summed E-state index contributed by atoms with van der Waals surface area (Å²) in [6, 6.07) is 32.5. The number of carboxylic acids is 1. The Morgan fingerprint density at radius 3 is 2.38 bits per heavy atom. The highest BCUT2D eigenvalue weighted by molar-refractivity contribution is 5.98. The number of benzene rings is 4. The van der Waals surface area contributed by atoms with Crippen molar-refractivity contribution in [2.45, 2.75) is 56.9 Å². The number of likely N-dealkylation sites (tertiary alicyclic amines) is 1. The monoisotopic (exact) mass is 628 g/mol. The second-order valence-electron chi connectivity index (χ2n) is 13.7. The van der Waals surface area contributed by atoms with Crippen molar-refractivity contribution < 1.29 is 19.4 Å². The highest BCUT2D eigenvalue weighted by Gasteiger charge is 2.34. The Morgan fingerprint density at radius 1 is 0.894 bits per heavy atom. The lowest BCUT2D eigenvalue weighted by molar-refractivity contribution is 0.0305. The molecule has 2 heterocycles. The zero-order valence-electron chi connectivity index (χ0n) is 27.2. The third kappa shape index (κ3) is 6.70. The topological polar surface area (TPSA) is 70.1 Å². The molecule has 6 heteroatoms. The van der Waals surface area contributed by atoms with Crippen LogP contribution in [0.4, 0.5) is 5.69 Å². The molecular weight excluding hydrogens is 584 g/mol. The van der Waals surface area contributed by atoms with E-state index < -0.39 is 5.97 Å². The summed E-state index contributed by atoms with van der Waals surface area (Å²) in [6.45, 7) is 6.99. The van der Waals surface area contributed by atoms with Crippen molar-refractivity contribution in [3.05, 3.63) is 130 Å². The third-order valence-corrected chi connectivity index (χ3v) is 10.7. The van der Waals surface area contributed by atoms with Crippen LogP contribution in [0.3, 0.4) is 0 Å². The summed E-state index contributed by atoms with van der Waals surface area (Å²) >= 11 is 0. The van der Waals surface area contributed by atoms with Crippen LogP contribution in [0.2, 0.25) is 0 Å². The minimum absolute atomic E-state index is 0.0592. The van der Waals surface area contributed by atoms with Crippen LogP contribution in [0.25, 0.3) is 0 Å². The first kappa shape index (κ1) is 31.2. The summed E-state index contributed by atoms with van der Waals surface area (Å²) in [6.07, 6.45) is 6.13. The standard InChI is InChI=1S/C41H44N2O4/c1-28-7-14-38-32(23-28)10-15-37(30-5-3-2-4-6-30)40(38)31-8-12-36(13-9-31)47-22-19-29-25-43(26-29)34-17-20-42(21-18-34)35-11-16-39(41(45)46)33(24-35)27-44/h2-9,11-14,16,23-24,27,29,34,37,40H,10,15,17-22,25-26H2,1H3,(H,45,46)/t37-,40+/m1/s1. The van der Waals surface area contributed by atoms with Gasteiger partial charge in [0, 0.05) is 49.4 Å². The SMILES string of the molecule is Cc1ccc2c(c1)CC[C@H](c1ccccc1)[C@@H]2c1ccc(OCCC2CN(C3CCN(c4ccc(C(=O)O)c(C=O)c4)CC3)C2)cc1. The smallest absolute Gasteiger partial charge is 0.336 e. The lowest BCUT2D eigenvalue weighted by Gasteiger charge is -2.47. The van der Waals surface area contributed by atoms with Crippen LogP contribution in [0.1, 0.15) is 86.1 Å². The number of hydrogen-bond donors (Lipinski definition) is 1. The molecule has 4 aromatic carbocycles. The fourth-order valence-electron chi connectivity index (χ4n) is 8.15. The van der Waals surface area contributed by atoms with Crippen molar-refractivity contribution >= 4 is 17.9 Å². The van der Waals surface area contributed by atoms with Gasteiger partial charge in [0.05, 0.1) is 12.2 Å². The number of hydrogen-bond acceptors (Lipinski definition) is 5. The van der Waals surface area contributed by atoms with Crippen molar-refractivity contribution in [3.8, 4) is 5.75 Å². The molecule has 0 unspecified atom stereocenters. The highest BCUT2D eigenvalue weighted by Crippen LogP contribution is 2.46. The predicted octanol–water partition coefficient (Wildman–Crippen LogP) is 7.74. The number of carboxylic acid groups (broad SMARTS) is 1. The second kappa shape index (κ2) is 13.7. The van der Waals surface area contributed by atoms with E-state index in [1.54, 1.807) is 12.1 Å². The molecule has 7 rings (SSSR count). The number of carbonyl (C=O) groups is 2. The van der Waals surface area contributed by atoms with Gasteiger partial charge in [0.25, 0.3) is 0 Å². The lowest BCUT2D eigenvalue weighted by Crippen LogP contribution is -2.55. The summed E-state index contributed by atoms with van der Waals surface area (Å²) in [5.41, 5.74) is 8.29. The molecule has 2 aliphatic heterocycles. The van der Waals surface area contributed by atoms with Gasteiger partial charge < -0.3 is 14.7 Å². The van der Waals surface area contributed by atoms with Crippen LogP contribution >= 0.6 is 0 Å². The van der Waals surface area contributed by atoms with Crippen LogP contribution in [0.15, 0.2) is 91.0 Å². The molecule has 0 aromatic heterocycles. The minimum atomic E-state index is -1.07. The Morgan fingerprint density at radius 2 is 1.66 bits per heavy atom. The summed E-state index contributed by atoms with van der Waals surface area (Å²) in [7, 11) is 0. The number of piperidine rings is 1. The van der Waals surface area contributed by atoms with Crippen molar-refractivity contribution in [1.29, 1.82) is 0 Å². The Balaban J connectivity index is 0.893. The minimum Gasteiger partial charge on any atom is -0.494 e. The first-order valence-corrected chi connectivity index (χ1v) is 17.2. The zero-order chi connectivity index (χ0) is 32.3. The van der Waals surface area contributed by atoms with E-state index in [-0.39, 0.29) is 11.1 Å². The molecule has 3 aliphatic rings. The molecule has 0 spiro atoms. The first-order valence-electron chi connectivity index (χ1n) is 17.2. The molecule has 1 N–H and O–H groups in total. The maximum Gasteiger partial charge on any atom is 0.336 e. The normalized spacial score (nSPS) is 20.3. The van der Waals surface area contributed by atoms with Gasteiger partial charge >= 0.3 is 5.97 Å². The predicted molar refractivity (Wildman–Crippen MR) is 186 cm³/mol. The van der Waals surface area contributed by atoms with E-state index in [1.807, 2.05) is 6.07 Å². The molecule has 2 saturated heterocycles. The highest BCUT2D eigenvalue weighted by atomic mass is 16.5. The van der Waals surface area contributed by atoms with Gasteiger partial charge in [-0.05, 0) is 103 Å². The fourth-order valence-corrected chi connectivity index (χ4v) is 8.15. The van der Waals surface area contributed by atoms with Gasteiger partial charge in [-0.15, -0.1) is 0 Å². The molecule has 2 atom stereocenters. The van der Waals surface area contributed by atoms with Gasteiger partial charge in [-0.1, -0.05) is 66.2 Å². The van der Waals surface area contributed by atoms with Crippen LogP contribution < -0.4 is 9.64 Å². The van der Waals surface area contributed by atoms with Crippen LogP contribution in [0.5, 0.6) is 5.75 Å². The van der Waals surface area contributed by atoms with Crippen molar-refractivity contribution in [3.63, 3.8) is 0 Å². The van der Waals surface area contributed by atoms with E-state index in [1.165, 1.54) is 27.8 Å².